The molecule has 1 amide bonds. The van der Waals surface area contributed by atoms with Crippen LogP contribution in [0.5, 0.6) is 0 Å². The van der Waals surface area contributed by atoms with Crippen LogP contribution < -0.4 is 5.32 Å². The number of carbonyl (C=O) groups excluding carboxylic acids is 1. The molecule has 0 aromatic heterocycles. The fourth-order valence-corrected chi connectivity index (χ4v) is 5.50. The van der Waals surface area contributed by atoms with Gasteiger partial charge in [-0.05, 0) is 31.4 Å². The molecule has 0 saturated carbocycles. The predicted molar refractivity (Wildman–Crippen MR) is 101 cm³/mol. The van der Waals surface area contributed by atoms with Gasteiger partial charge in [-0.25, -0.2) is 21.1 Å². The maximum absolute atomic E-state index is 12.5. The molecule has 0 spiro atoms. The van der Waals surface area contributed by atoms with Crippen molar-refractivity contribution >= 4 is 31.5 Å². The van der Waals surface area contributed by atoms with Gasteiger partial charge in [-0.3, -0.25) is 4.79 Å². The van der Waals surface area contributed by atoms with Crippen molar-refractivity contribution in [3.05, 3.63) is 24.3 Å². The van der Waals surface area contributed by atoms with Gasteiger partial charge in [-0.15, -0.1) is 0 Å². The molecular weight excluding hydrogens is 376 g/mol. The van der Waals surface area contributed by atoms with Gasteiger partial charge in [0.2, 0.25) is 15.9 Å². The molecule has 1 saturated heterocycles. The van der Waals surface area contributed by atoms with Gasteiger partial charge >= 0.3 is 0 Å². The minimum atomic E-state index is -3.45. The average molecular weight is 403 g/mol. The molecule has 146 valence electrons. The first-order chi connectivity index (χ1) is 12.1. The Morgan fingerprint density at radius 1 is 1.15 bits per heavy atom. The van der Waals surface area contributed by atoms with Crippen molar-refractivity contribution in [3.63, 3.8) is 0 Å². The van der Waals surface area contributed by atoms with Crippen LogP contribution in [0.15, 0.2) is 29.2 Å². The number of sulfonamides is 1. The maximum atomic E-state index is 12.5. The number of hydrogen-bond donors (Lipinski definition) is 1. The molecule has 1 aliphatic heterocycles. The van der Waals surface area contributed by atoms with Crippen LogP contribution in [0.3, 0.4) is 0 Å². The lowest BCUT2D eigenvalue weighted by Gasteiger charge is -2.30. The first-order valence-corrected chi connectivity index (χ1v) is 12.2. The van der Waals surface area contributed by atoms with Gasteiger partial charge in [0.1, 0.15) is 0 Å². The summed E-state index contributed by atoms with van der Waals surface area (Å²) in [5.41, 5.74) is 0.262. The van der Waals surface area contributed by atoms with E-state index in [1.807, 2.05) is 6.92 Å². The number of anilines is 1. The first-order valence-electron chi connectivity index (χ1n) is 8.73. The third-order valence-corrected chi connectivity index (χ3v) is 7.63. The summed E-state index contributed by atoms with van der Waals surface area (Å²) in [5.74, 6) is -0.464. The molecule has 7 nitrogen and oxygen atoms in total. The number of benzene rings is 1. The Morgan fingerprint density at radius 2 is 1.77 bits per heavy atom. The third-order valence-electron chi connectivity index (χ3n) is 4.52. The Hall–Kier alpha value is -1.45. The number of carbonyl (C=O) groups is 1. The molecule has 0 unspecified atom stereocenters. The molecule has 2 rings (SSSR count). The normalized spacial score (nSPS) is 17.2. The Kier molecular flexibility index (Phi) is 6.81. The molecule has 0 atom stereocenters. The second-order valence-corrected chi connectivity index (χ2v) is 10.7. The summed E-state index contributed by atoms with van der Waals surface area (Å²) in [6, 6.07) is 6.27. The second-order valence-electron chi connectivity index (χ2n) is 6.60. The number of sulfone groups is 1. The number of nitrogens with one attached hydrogen (secondary N) is 1. The van der Waals surface area contributed by atoms with Crippen LogP contribution in [-0.2, 0) is 24.7 Å². The van der Waals surface area contributed by atoms with E-state index in [0.29, 0.717) is 32.4 Å². The smallest absolute Gasteiger partial charge is 0.227 e. The Morgan fingerprint density at radius 3 is 2.35 bits per heavy atom. The highest BCUT2D eigenvalue weighted by Crippen LogP contribution is 2.25. The van der Waals surface area contributed by atoms with Gasteiger partial charge in [0.25, 0.3) is 0 Å². The number of nitrogens with zero attached hydrogens (tertiary/aromatic N) is 1. The molecule has 1 aromatic carbocycles. The van der Waals surface area contributed by atoms with Gasteiger partial charge in [-0.1, -0.05) is 25.5 Å². The summed E-state index contributed by atoms with van der Waals surface area (Å²) >= 11 is 0. The van der Waals surface area contributed by atoms with Crippen LogP contribution in [0.2, 0.25) is 0 Å². The summed E-state index contributed by atoms with van der Waals surface area (Å²) in [4.78, 5) is 12.6. The second kappa shape index (κ2) is 8.49. The molecule has 1 aliphatic rings. The largest absolute Gasteiger partial charge is 0.325 e. The lowest BCUT2D eigenvalue weighted by Crippen LogP contribution is -2.42. The van der Waals surface area contributed by atoms with E-state index >= 15 is 0 Å². The van der Waals surface area contributed by atoms with Crippen molar-refractivity contribution in [1.82, 2.24) is 4.31 Å². The highest BCUT2D eigenvalue weighted by atomic mass is 32.2. The van der Waals surface area contributed by atoms with Crippen LogP contribution in [0.4, 0.5) is 5.69 Å². The van der Waals surface area contributed by atoms with Gasteiger partial charge in [-0.2, -0.15) is 0 Å². The molecule has 1 aromatic rings. The van der Waals surface area contributed by atoms with Crippen molar-refractivity contribution in [1.29, 1.82) is 0 Å². The van der Waals surface area contributed by atoms with E-state index in [1.54, 1.807) is 18.2 Å². The van der Waals surface area contributed by atoms with Crippen LogP contribution >= 0.6 is 0 Å². The average Bonchev–Trinajstić information content (AvgIpc) is 2.59. The van der Waals surface area contributed by atoms with Crippen molar-refractivity contribution in [2.45, 2.75) is 37.5 Å². The van der Waals surface area contributed by atoms with Gasteiger partial charge in [0, 0.05) is 25.3 Å². The quantitative estimate of drug-likeness (QED) is 0.750. The van der Waals surface area contributed by atoms with Gasteiger partial charge in [0.15, 0.2) is 9.84 Å². The van der Waals surface area contributed by atoms with Crippen LogP contribution in [-0.4, -0.2) is 52.1 Å². The topological polar surface area (TPSA) is 101 Å². The third kappa shape index (κ3) is 5.28. The fraction of sp³-hybridized carbons (Fsp3) is 0.588. The standard InChI is InChI=1S/C17H26N2O5S2/c1-3-4-13-26(23,24)19-11-9-14(10-12-19)17(20)18-15-7-5-6-8-16(15)25(2,21)22/h5-8,14H,3-4,9-13H2,1-2H3,(H,18,20). The van der Waals surface area contributed by atoms with Crippen LogP contribution in [0.25, 0.3) is 0 Å². The number of para-hydroxylation sites is 1. The summed E-state index contributed by atoms with van der Waals surface area (Å²) in [7, 11) is -6.71. The van der Waals surface area contributed by atoms with Crippen molar-refractivity contribution in [2.24, 2.45) is 5.92 Å². The van der Waals surface area contributed by atoms with E-state index in [4.69, 9.17) is 0 Å². The van der Waals surface area contributed by atoms with E-state index in [2.05, 4.69) is 5.32 Å². The monoisotopic (exact) mass is 402 g/mol. The van der Waals surface area contributed by atoms with Crippen molar-refractivity contribution in [3.8, 4) is 0 Å². The van der Waals surface area contributed by atoms with Gasteiger partial charge in [0.05, 0.1) is 16.3 Å². The summed E-state index contributed by atoms with van der Waals surface area (Å²) < 4.78 is 49.6. The Balaban J connectivity index is 2.00. The number of amides is 1. The Bertz CT molecular complexity index is 842. The maximum Gasteiger partial charge on any atom is 0.227 e. The molecule has 26 heavy (non-hydrogen) atoms. The molecule has 1 N–H and O–H groups in total. The van der Waals surface area contributed by atoms with E-state index in [-0.39, 0.29) is 28.2 Å². The zero-order valence-electron chi connectivity index (χ0n) is 15.1. The zero-order valence-corrected chi connectivity index (χ0v) is 16.8. The zero-order chi connectivity index (χ0) is 19.4. The van der Waals surface area contributed by atoms with E-state index in [9.17, 15) is 21.6 Å². The van der Waals surface area contributed by atoms with Gasteiger partial charge < -0.3 is 5.32 Å². The van der Waals surface area contributed by atoms with Crippen molar-refractivity contribution < 1.29 is 21.6 Å². The minimum absolute atomic E-state index is 0.0768. The van der Waals surface area contributed by atoms with Crippen LogP contribution in [0.1, 0.15) is 32.6 Å². The number of hydrogen-bond acceptors (Lipinski definition) is 5. The predicted octanol–water partition coefficient (Wildman–Crippen LogP) is 1.87. The summed E-state index contributed by atoms with van der Waals surface area (Å²) in [6.45, 7) is 2.58. The molecule has 9 heteroatoms. The summed E-state index contributed by atoms with van der Waals surface area (Å²) in [5, 5.41) is 2.69. The number of unbranched alkanes of at least 4 members (excludes halogenated alkanes) is 1. The fourth-order valence-electron chi connectivity index (χ4n) is 2.98. The molecule has 0 bridgehead atoms. The molecule has 0 radical (unpaired) electrons. The number of piperidine rings is 1. The highest BCUT2D eigenvalue weighted by Gasteiger charge is 2.31. The molecule has 0 aliphatic carbocycles. The van der Waals surface area contributed by atoms with E-state index < -0.39 is 19.9 Å². The highest BCUT2D eigenvalue weighted by molar-refractivity contribution is 7.91. The minimum Gasteiger partial charge on any atom is -0.325 e. The van der Waals surface area contributed by atoms with Crippen molar-refractivity contribution in [2.75, 3.05) is 30.4 Å². The van der Waals surface area contributed by atoms with Crippen LogP contribution in [0, 0.1) is 5.92 Å². The lowest BCUT2D eigenvalue weighted by molar-refractivity contribution is -0.120. The van der Waals surface area contributed by atoms with E-state index in [0.717, 1.165) is 12.7 Å². The molecule has 1 fully saturated rings. The lowest BCUT2D eigenvalue weighted by atomic mass is 9.97. The SMILES string of the molecule is CCCCS(=O)(=O)N1CCC(C(=O)Nc2ccccc2S(C)(=O)=O)CC1. The summed E-state index contributed by atoms with van der Waals surface area (Å²) in [6.07, 6.45) is 3.40. The molecular formula is C17H26N2O5S2. The Labute approximate surface area is 155 Å². The molecule has 1 heterocycles. The van der Waals surface area contributed by atoms with E-state index in [1.165, 1.54) is 10.4 Å². The first kappa shape index (κ1) is 20.9. The number of rotatable bonds is 7.